The highest BCUT2D eigenvalue weighted by molar-refractivity contribution is 5.83. The molecule has 0 radical (unpaired) electrons. The van der Waals surface area contributed by atoms with Gasteiger partial charge in [-0.15, -0.1) is 0 Å². The fraction of sp³-hybridized carbons (Fsp3) is 0.500. The normalized spacial score (nSPS) is 15.1. The standard InChI is InChI=1S/C15H24O6.C15H20O6/c1-6-14(16)20-9-12(4)18-8-11(3)19-10-13(5)21-15(17)7-2;1-4-14(2,3)15(8-5-11(16)17,9-6-12(18)19)10-7-13(20)21/h6-7,11-13H,1-2,8-10H2,3-5H3;5-10H,4H2,1-3H3,(H,16,17)(H,18,19)(H,20,21). The maximum atomic E-state index is 11.0. The van der Waals surface area contributed by atoms with Gasteiger partial charge in [0.2, 0.25) is 0 Å². The van der Waals surface area contributed by atoms with Gasteiger partial charge in [0.05, 0.1) is 25.4 Å². The molecule has 0 bridgehead atoms. The molecule has 42 heavy (non-hydrogen) atoms. The smallest absolute Gasteiger partial charge is 0.330 e. The van der Waals surface area contributed by atoms with Gasteiger partial charge in [-0.1, -0.05) is 52.2 Å². The summed E-state index contributed by atoms with van der Waals surface area (Å²) in [5.41, 5.74) is -1.73. The van der Waals surface area contributed by atoms with Crippen LogP contribution in [0.15, 0.2) is 61.8 Å². The van der Waals surface area contributed by atoms with Gasteiger partial charge in [-0.05, 0) is 32.6 Å². The molecule has 0 aromatic heterocycles. The number of allylic oxidation sites excluding steroid dienone is 3. The van der Waals surface area contributed by atoms with Crippen LogP contribution in [0.4, 0.5) is 0 Å². The van der Waals surface area contributed by atoms with Crippen molar-refractivity contribution in [3.8, 4) is 0 Å². The lowest BCUT2D eigenvalue weighted by Gasteiger charge is -2.40. The number of carboxylic acid groups (broad SMARTS) is 3. The summed E-state index contributed by atoms with van der Waals surface area (Å²) in [5, 5.41) is 26.4. The summed E-state index contributed by atoms with van der Waals surface area (Å²) < 4.78 is 20.8. The Kier molecular flexibility index (Phi) is 19.9. The Balaban J connectivity index is 0. The van der Waals surface area contributed by atoms with Crippen LogP contribution in [0.1, 0.15) is 48.0 Å². The third-order valence-electron chi connectivity index (χ3n) is 5.90. The second-order valence-electron chi connectivity index (χ2n) is 9.76. The molecule has 0 saturated carbocycles. The number of ether oxygens (including phenoxy) is 4. The molecule has 3 N–H and O–H groups in total. The number of hydrogen-bond acceptors (Lipinski definition) is 9. The van der Waals surface area contributed by atoms with Gasteiger partial charge >= 0.3 is 29.8 Å². The zero-order chi connectivity index (χ0) is 32.9. The minimum absolute atomic E-state index is 0.158. The Bertz CT molecular complexity index is 946. The van der Waals surface area contributed by atoms with Crippen molar-refractivity contribution in [1.82, 2.24) is 0 Å². The summed E-state index contributed by atoms with van der Waals surface area (Å²) in [5.74, 6) is -4.54. The molecule has 0 heterocycles. The molecule has 0 aliphatic rings. The van der Waals surface area contributed by atoms with Crippen molar-refractivity contribution < 1.29 is 58.2 Å². The van der Waals surface area contributed by atoms with Crippen molar-refractivity contribution in [2.24, 2.45) is 10.8 Å². The number of rotatable bonds is 19. The molecule has 0 aliphatic carbocycles. The predicted octanol–water partition coefficient (Wildman–Crippen LogP) is 3.97. The van der Waals surface area contributed by atoms with E-state index < -0.39 is 40.7 Å². The van der Waals surface area contributed by atoms with E-state index in [4.69, 9.17) is 34.3 Å². The minimum Gasteiger partial charge on any atom is -0.478 e. The molecule has 0 fully saturated rings. The van der Waals surface area contributed by atoms with Crippen molar-refractivity contribution in [2.75, 3.05) is 19.8 Å². The van der Waals surface area contributed by atoms with Crippen LogP contribution in [0.25, 0.3) is 0 Å². The molecule has 12 nitrogen and oxygen atoms in total. The average molecular weight is 597 g/mol. The Morgan fingerprint density at radius 1 is 0.690 bits per heavy atom. The minimum atomic E-state index is -1.20. The number of hydrogen-bond donors (Lipinski definition) is 3. The Morgan fingerprint density at radius 2 is 1.07 bits per heavy atom. The highest BCUT2D eigenvalue weighted by Gasteiger charge is 2.38. The first-order valence-corrected chi connectivity index (χ1v) is 13.1. The molecule has 0 saturated heterocycles. The molecule has 12 heteroatoms. The lowest BCUT2D eigenvalue weighted by molar-refractivity contribution is -0.148. The van der Waals surface area contributed by atoms with Gasteiger partial charge in [-0.3, -0.25) is 0 Å². The average Bonchev–Trinajstić information content (AvgIpc) is 2.93. The van der Waals surface area contributed by atoms with E-state index in [2.05, 4.69) is 13.2 Å². The van der Waals surface area contributed by atoms with E-state index in [1.807, 2.05) is 13.8 Å². The summed E-state index contributed by atoms with van der Waals surface area (Å²) in [6.45, 7) is 18.2. The van der Waals surface area contributed by atoms with Crippen LogP contribution >= 0.6 is 0 Å². The quantitative estimate of drug-likeness (QED) is 0.144. The van der Waals surface area contributed by atoms with Gasteiger partial charge in [0.1, 0.15) is 12.7 Å². The van der Waals surface area contributed by atoms with Crippen molar-refractivity contribution >= 4 is 29.8 Å². The Morgan fingerprint density at radius 3 is 1.43 bits per heavy atom. The van der Waals surface area contributed by atoms with Crippen LogP contribution in [0.3, 0.4) is 0 Å². The third-order valence-corrected chi connectivity index (χ3v) is 5.90. The highest BCUT2D eigenvalue weighted by atomic mass is 16.6. The first kappa shape index (κ1) is 40.1. The maximum absolute atomic E-state index is 11.0. The van der Waals surface area contributed by atoms with E-state index >= 15 is 0 Å². The molecular weight excluding hydrogens is 552 g/mol. The molecule has 0 rings (SSSR count). The third kappa shape index (κ3) is 18.3. The molecule has 3 unspecified atom stereocenters. The topological polar surface area (TPSA) is 183 Å². The molecule has 3 atom stereocenters. The van der Waals surface area contributed by atoms with Gasteiger partial charge in [-0.25, -0.2) is 24.0 Å². The van der Waals surface area contributed by atoms with E-state index in [0.717, 1.165) is 30.4 Å². The van der Waals surface area contributed by atoms with Crippen LogP contribution in [0.2, 0.25) is 0 Å². The monoisotopic (exact) mass is 596 g/mol. The molecular formula is C30H44O12. The SMILES string of the molecule is C=CC(=O)OCC(C)OCC(C)OCC(C)OC(=O)C=C.CCC(C)(C)C(C=CC(=O)O)(C=CC(=O)O)C=CC(=O)O. The van der Waals surface area contributed by atoms with Gasteiger partial charge in [0.15, 0.2) is 0 Å². The lowest BCUT2D eigenvalue weighted by Crippen LogP contribution is -2.33. The van der Waals surface area contributed by atoms with E-state index in [0.29, 0.717) is 13.0 Å². The molecule has 0 aromatic carbocycles. The lowest BCUT2D eigenvalue weighted by atomic mass is 9.63. The van der Waals surface area contributed by atoms with Gasteiger partial charge in [0.25, 0.3) is 0 Å². The summed E-state index contributed by atoms with van der Waals surface area (Å²) >= 11 is 0. The van der Waals surface area contributed by atoms with Crippen LogP contribution in [0, 0.1) is 10.8 Å². The predicted molar refractivity (Wildman–Crippen MR) is 155 cm³/mol. The van der Waals surface area contributed by atoms with E-state index in [-0.39, 0.29) is 31.5 Å². The van der Waals surface area contributed by atoms with Crippen molar-refractivity contribution in [3.63, 3.8) is 0 Å². The van der Waals surface area contributed by atoms with Gasteiger partial charge < -0.3 is 34.3 Å². The second-order valence-corrected chi connectivity index (χ2v) is 9.76. The second kappa shape index (κ2) is 20.8. The number of aliphatic carboxylic acids is 3. The molecule has 0 aliphatic heterocycles. The number of carbonyl (C=O) groups excluding carboxylic acids is 2. The van der Waals surface area contributed by atoms with Crippen LogP contribution in [-0.4, -0.2) is 83.3 Å². The van der Waals surface area contributed by atoms with Crippen LogP contribution in [-0.2, 0) is 42.9 Å². The van der Waals surface area contributed by atoms with Crippen molar-refractivity contribution in [3.05, 3.63) is 61.8 Å². The Labute approximate surface area is 247 Å². The summed E-state index contributed by atoms with van der Waals surface area (Å²) in [7, 11) is 0. The number of carbonyl (C=O) groups is 5. The van der Waals surface area contributed by atoms with Gasteiger partial charge in [0, 0.05) is 35.8 Å². The fourth-order valence-electron chi connectivity index (χ4n) is 3.01. The summed E-state index contributed by atoms with van der Waals surface area (Å²) in [6.07, 6.45) is 8.58. The van der Waals surface area contributed by atoms with Gasteiger partial charge in [-0.2, -0.15) is 0 Å². The zero-order valence-corrected chi connectivity index (χ0v) is 25.1. The zero-order valence-electron chi connectivity index (χ0n) is 25.1. The maximum Gasteiger partial charge on any atom is 0.330 e. The van der Waals surface area contributed by atoms with E-state index in [9.17, 15) is 24.0 Å². The van der Waals surface area contributed by atoms with Crippen molar-refractivity contribution in [1.29, 1.82) is 0 Å². The molecule has 0 spiro atoms. The molecule has 236 valence electrons. The number of esters is 2. The number of carboxylic acids is 3. The van der Waals surface area contributed by atoms with Crippen LogP contribution in [0.5, 0.6) is 0 Å². The highest BCUT2D eigenvalue weighted by Crippen LogP contribution is 2.45. The summed E-state index contributed by atoms with van der Waals surface area (Å²) in [4.78, 5) is 54.2. The first-order valence-electron chi connectivity index (χ1n) is 13.1. The summed E-state index contributed by atoms with van der Waals surface area (Å²) in [6, 6.07) is 0. The first-order chi connectivity index (χ1) is 19.4. The Hall–Kier alpha value is -4.03. The van der Waals surface area contributed by atoms with E-state index in [1.54, 1.807) is 27.7 Å². The van der Waals surface area contributed by atoms with E-state index in [1.165, 1.54) is 18.2 Å². The fourth-order valence-corrected chi connectivity index (χ4v) is 3.01. The van der Waals surface area contributed by atoms with Crippen molar-refractivity contribution in [2.45, 2.75) is 66.3 Å². The largest absolute Gasteiger partial charge is 0.478 e. The van der Waals surface area contributed by atoms with Crippen LogP contribution < -0.4 is 0 Å². The molecule has 0 aromatic rings. The molecule has 0 amide bonds.